The molecule has 4 aromatic rings. The summed E-state index contributed by atoms with van der Waals surface area (Å²) in [5.41, 5.74) is 2.78. The van der Waals surface area contributed by atoms with Gasteiger partial charge in [0.15, 0.2) is 18.2 Å². The van der Waals surface area contributed by atoms with Crippen LogP contribution < -0.4 is 36.0 Å². The summed E-state index contributed by atoms with van der Waals surface area (Å²) in [5.74, 6) is -1.21. The first-order valence-electron chi connectivity index (χ1n) is 21.6. The monoisotopic (exact) mass is 879 g/mol. The molecule has 17 nitrogen and oxygen atoms in total. The third kappa shape index (κ3) is 8.19. The van der Waals surface area contributed by atoms with E-state index in [9.17, 15) is 28.8 Å². The molecule has 18 heteroatoms. The lowest BCUT2D eigenvalue weighted by molar-refractivity contribution is -0.136. The smallest absolute Gasteiger partial charge is 0.293 e. The van der Waals surface area contributed by atoms with E-state index in [1.54, 1.807) is 29.0 Å². The van der Waals surface area contributed by atoms with E-state index in [4.69, 9.17) is 26.1 Å². The summed E-state index contributed by atoms with van der Waals surface area (Å²) in [6.07, 6.45) is 7.92. The number of halogens is 1. The van der Waals surface area contributed by atoms with Crippen LogP contribution in [0.2, 0.25) is 5.02 Å². The van der Waals surface area contributed by atoms with Crippen LogP contribution in [0.3, 0.4) is 0 Å². The predicted molar refractivity (Wildman–Crippen MR) is 235 cm³/mol. The van der Waals surface area contributed by atoms with Gasteiger partial charge in [-0.2, -0.15) is 4.98 Å². The number of likely N-dealkylation sites (N-methyl/N-ethyl adjacent to an activating group) is 1. The molecule has 4 aliphatic heterocycles. The fraction of sp³-hybridized carbons (Fsp3) is 0.467. The average molecular weight is 880 g/mol. The molecular formula is C45H50ClN9O8. The van der Waals surface area contributed by atoms with Crippen molar-refractivity contribution in [3.63, 3.8) is 0 Å². The van der Waals surface area contributed by atoms with Gasteiger partial charge in [0.25, 0.3) is 23.3 Å². The molecule has 9 rings (SSSR count). The minimum absolute atomic E-state index is 0.0810. The maximum atomic E-state index is 13.4. The molecule has 5 aliphatic rings. The van der Waals surface area contributed by atoms with Crippen molar-refractivity contribution in [2.24, 2.45) is 5.41 Å². The fourth-order valence-corrected chi connectivity index (χ4v) is 9.87. The maximum Gasteiger partial charge on any atom is 0.293 e. The zero-order chi connectivity index (χ0) is 44.2. The Morgan fingerprint density at radius 3 is 2.38 bits per heavy atom. The van der Waals surface area contributed by atoms with Crippen LogP contribution in [0.1, 0.15) is 92.0 Å². The Balaban J connectivity index is 0.766. The van der Waals surface area contributed by atoms with Crippen molar-refractivity contribution in [2.45, 2.75) is 89.5 Å². The number of anilines is 4. The first-order valence-corrected chi connectivity index (χ1v) is 22.0. The minimum Gasteiger partial charge on any atom is -0.478 e. The topological polar surface area (TPSA) is 197 Å². The van der Waals surface area contributed by atoms with Crippen LogP contribution in [0.15, 0.2) is 53.5 Å². The fourth-order valence-electron chi connectivity index (χ4n) is 9.73. The highest BCUT2D eigenvalue weighted by atomic mass is 35.5. The highest BCUT2D eigenvalue weighted by molar-refractivity contribution is 6.33. The van der Waals surface area contributed by atoms with Gasteiger partial charge in [0, 0.05) is 62.5 Å². The summed E-state index contributed by atoms with van der Waals surface area (Å²) in [7, 11) is 1.51. The van der Waals surface area contributed by atoms with Crippen LogP contribution in [0, 0.1) is 5.41 Å². The number of benzene rings is 2. The molecule has 2 aromatic carbocycles. The molecule has 1 unspecified atom stereocenters. The molecule has 1 spiro atoms. The number of hydrogen-bond acceptors (Lipinski definition) is 13. The zero-order valence-corrected chi connectivity index (χ0v) is 36.2. The average Bonchev–Trinajstić information content (AvgIpc) is 3.51. The van der Waals surface area contributed by atoms with Gasteiger partial charge in [-0.3, -0.25) is 39.0 Å². The quantitative estimate of drug-likeness (QED) is 0.175. The first kappa shape index (κ1) is 42.2. The molecule has 3 N–H and O–H groups in total. The summed E-state index contributed by atoms with van der Waals surface area (Å²) >= 11 is 6.61. The normalized spacial score (nSPS) is 20.3. The van der Waals surface area contributed by atoms with E-state index in [1.165, 1.54) is 7.05 Å². The second kappa shape index (κ2) is 16.9. The number of piperidine rings is 3. The van der Waals surface area contributed by atoms with E-state index < -0.39 is 29.7 Å². The lowest BCUT2D eigenvalue weighted by atomic mass is 9.61. The molecule has 1 saturated carbocycles. The van der Waals surface area contributed by atoms with Gasteiger partial charge in [-0.05, 0) is 107 Å². The maximum absolute atomic E-state index is 13.4. The predicted octanol–water partition coefficient (Wildman–Crippen LogP) is 4.73. The molecule has 330 valence electrons. The van der Waals surface area contributed by atoms with Gasteiger partial charge in [-0.1, -0.05) is 11.6 Å². The number of hydrogen-bond donors (Lipinski definition) is 3. The Morgan fingerprint density at radius 2 is 1.67 bits per heavy atom. The van der Waals surface area contributed by atoms with Gasteiger partial charge in [0.2, 0.25) is 17.8 Å². The number of imide groups is 2. The molecule has 63 heavy (non-hydrogen) atoms. The molecule has 5 amide bonds. The Morgan fingerprint density at radius 1 is 0.921 bits per heavy atom. The molecule has 6 heterocycles. The molecule has 2 aromatic heterocycles. The second-order valence-electron chi connectivity index (χ2n) is 17.5. The lowest BCUT2D eigenvalue weighted by Gasteiger charge is -2.53. The van der Waals surface area contributed by atoms with Crippen molar-refractivity contribution in [1.82, 2.24) is 30.1 Å². The molecule has 3 saturated heterocycles. The standard InChI is InChI=1S/C45H50ClN9O8/c1-25(2)54-34-7-4-27(18-26(34)19-36(43(54)61)62-24-38(57)47-3)49-39-33(46)23-48-44(51-39)53-16-12-45(13-17-53)21-30(22-45)63-29-10-14-52(15-11-29)28-5-6-31-32(20-28)42(60)55(41(31)59)35-8-9-37(56)50-40(35)58/h4-7,18-20,23,25,29-30,35H,8-17,21-22,24H2,1-3H3,(H,47,57)(H,48,49,51)(H,50,56,58). The van der Waals surface area contributed by atoms with Crippen LogP contribution in [-0.2, 0) is 19.1 Å². The minimum atomic E-state index is -0.987. The SMILES string of the molecule is CNC(=O)COc1cc2cc(Nc3nc(N4CCC5(CC4)CC(OC4CCN(c6ccc7c(c6)C(=O)N(C6CCC(=O)NC6=O)C7=O)CC4)C5)ncc3Cl)ccc2n(C(C)C)c1=O. The van der Waals surface area contributed by atoms with Gasteiger partial charge < -0.3 is 34.5 Å². The number of rotatable bonds is 11. The first-order chi connectivity index (χ1) is 30.3. The number of ether oxygens (including phenoxy) is 2. The van der Waals surface area contributed by atoms with Crippen LogP contribution in [0.25, 0.3) is 10.9 Å². The van der Waals surface area contributed by atoms with Crippen molar-refractivity contribution in [2.75, 3.05) is 55.0 Å². The van der Waals surface area contributed by atoms with Crippen molar-refractivity contribution in [1.29, 1.82) is 0 Å². The summed E-state index contributed by atoms with van der Waals surface area (Å²) in [4.78, 5) is 90.5. The van der Waals surface area contributed by atoms with Gasteiger partial charge in [0.1, 0.15) is 11.1 Å². The number of carbonyl (C=O) groups is 5. The molecule has 0 bridgehead atoms. The summed E-state index contributed by atoms with van der Waals surface area (Å²) in [5, 5.41) is 9.20. The summed E-state index contributed by atoms with van der Waals surface area (Å²) in [6.45, 7) is 6.70. The van der Waals surface area contributed by atoms with E-state index >= 15 is 0 Å². The Hall–Kier alpha value is -6.07. The number of aromatic nitrogens is 3. The Kier molecular flexibility index (Phi) is 11.3. The lowest BCUT2D eigenvalue weighted by Crippen LogP contribution is -2.54. The molecule has 1 atom stereocenters. The molecule has 1 aliphatic carbocycles. The van der Waals surface area contributed by atoms with Crippen LogP contribution >= 0.6 is 11.6 Å². The van der Waals surface area contributed by atoms with Gasteiger partial charge in [-0.15, -0.1) is 0 Å². The third-order valence-corrected chi connectivity index (χ3v) is 13.5. The number of carbonyl (C=O) groups excluding carboxylic acids is 5. The number of amides is 5. The number of pyridine rings is 1. The Bertz CT molecular complexity index is 2580. The van der Waals surface area contributed by atoms with Crippen LogP contribution in [-0.4, -0.2) is 107 Å². The largest absolute Gasteiger partial charge is 0.478 e. The number of nitrogens with one attached hydrogen (secondary N) is 3. The number of fused-ring (bicyclic) bond motifs is 2. The van der Waals surface area contributed by atoms with Crippen molar-refractivity contribution in [3.8, 4) is 5.75 Å². The van der Waals surface area contributed by atoms with E-state index in [1.807, 2.05) is 38.1 Å². The molecule has 0 radical (unpaired) electrons. The second-order valence-corrected chi connectivity index (χ2v) is 17.9. The third-order valence-electron chi connectivity index (χ3n) is 13.2. The van der Waals surface area contributed by atoms with E-state index in [-0.39, 0.29) is 71.5 Å². The molecule has 4 fully saturated rings. The number of nitrogens with zero attached hydrogens (tertiary/aromatic N) is 6. The van der Waals surface area contributed by atoms with Gasteiger partial charge in [0.05, 0.1) is 35.0 Å². The van der Waals surface area contributed by atoms with Crippen molar-refractivity contribution >= 4 is 75.2 Å². The van der Waals surface area contributed by atoms with Crippen LogP contribution in [0.4, 0.5) is 23.1 Å². The zero-order valence-electron chi connectivity index (χ0n) is 35.4. The molecular weight excluding hydrogens is 830 g/mol. The van der Waals surface area contributed by atoms with Crippen molar-refractivity contribution in [3.05, 3.63) is 75.2 Å². The summed E-state index contributed by atoms with van der Waals surface area (Å²) in [6, 6.07) is 11.4. The van der Waals surface area contributed by atoms with E-state index in [0.29, 0.717) is 22.5 Å². The highest BCUT2D eigenvalue weighted by Gasteiger charge is 2.48. The van der Waals surface area contributed by atoms with E-state index in [0.717, 1.165) is 86.2 Å². The highest BCUT2D eigenvalue weighted by Crippen LogP contribution is 2.51. The Labute approximate surface area is 368 Å². The van der Waals surface area contributed by atoms with Crippen LogP contribution in [0.5, 0.6) is 5.75 Å². The summed E-state index contributed by atoms with van der Waals surface area (Å²) < 4.78 is 13.9. The van der Waals surface area contributed by atoms with Gasteiger partial charge in [-0.25, -0.2) is 4.98 Å². The van der Waals surface area contributed by atoms with E-state index in [2.05, 4.69) is 30.7 Å². The van der Waals surface area contributed by atoms with Gasteiger partial charge >= 0.3 is 0 Å². The van der Waals surface area contributed by atoms with Crippen molar-refractivity contribution < 1.29 is 33.4 Å².